The van der Waals surface area contributed by atoms with Gasteiger partial charge < -0.3 is 14.6 Å². The number of carbonyl (C=O) groups excluding carboxylic acids is 1. The quantitative estimate of drug-likeness (QED) is 0.902. The molecule has 7 nitrogen and oxygen atoms in total. The summed E-state index contributed by atoms with van der Waals surface area (Å²) in [5, 5.41) is 0.415. The maximum Gasteiger partial charge on any atom is 0.328 e. The summed E-state index contributed by atoms with van der Waals surface area (Å²) in [6, 6.07) is 4.93. The number of ether oxygens (including phenoxy) is 1. The van der Waals surface area contributed by atoms with Gasteiger partial charge in [-0.15, -0.1) is 0 Å². The molecule has 1 aromatic carbocycles. The van der Waals surface area contributed by atoms with E-state index in [0.717, 1.165) is 45.2 Å². The molecule has 3 heterocycles. The van der Waals surface area contributed by atoms with Gasteiger partial charge in [-0.05, 0) is 50.3 Å². The summed E-state index contributed by atoms with van der Waals surface area (Å²) in [5.41, 5.74) is 0.120. The molecule has 0 unspecified atom stereocenters. The van der Waals surface area contributed by atoms with E-state index in [1.807, 2.05) is 4.90 Å². The lowest BCUT2D eigenvalue weighted by Gasteiger charge is -2.26. The van der Waals surface area contributed by atoms with Crippen molar-refractivity contribution < 1.29 is 9.53 Å². The van der Waals surface area contributed by atoms with Crippen molar-refractivity contribution in [1.29, 1.82) is 0 Å². The number of carbonyl (C=O) groups is 1. The minimum Gasteiger partial charge on any atom is -0.376 e. The summed E-state index contributed by atoms with van der Waals surface area (Å²) in [6.07, 6.45) is 4.90. The van der Waals surface area contributed by atoms with Gasteiger partial charge in [0, 0.05) is 25.3 Å². The SMILES string of the molecule is O=C(c1ccc2c(=O)n(C[C@H]3CCCO3)c(=O)[nH]c2c1)N1CCCCC1. The van der Waals surface area contributed by atoms with Crippen molar-refractivity contribution in [1.82, 2.24) is 14.5 Å². The van der Waals surface area contributed by atoms with Gasteiger partial charge in [0.1, 0.15) is 0 Å². The molecule has 4 rings (SSSR count). The van der Waals surface area contributed by atoms with Gasteiger partial charge >= 0.3 is 5.69 Å². The molecule has 1 amide bonds. The Morgan fingerprint density at radius 3 is 2.69 bits per heavy atom. The van der Waals surface area contributed by atoms with Crippen LogP contribution in [0.3, 0.4) is 0 Å². The van der Waals surface area contributed by atoms with Crippen molar-refractivity contribution >= 4 is 16.8 Å². The van der Waals surface area contributed by atoms with E-state index in [-0.39, 0.29) is 24.1 Å². The molecular formula is C19H23N3O4. The number of hydrogen-bond donors (Lipinski definition) is 1. The first-order valence-corrected chi connectivity index (χ1v) is 9.31. The van der Waals surface area contributed by atoms with Gasteiger partial charge in [0.2, 0.25) is 0 Å². The van der Waals surface area contributed by atoms with Crippen molar-refractivity contribution in [3.63, 3.8) is 0 Å². The number of aromatic amines is 1. The van der Waals surface area contributed by atoms with E-state index < -0.39 is 5.69 Å². The molecule has 1 N–H and O–H groups in total. The Morgan fingerprint density at radius 2 is 1.96 bits per heavy atom. The van der Waals surface area contributed by atoms with Gasteiger partial charge in [-0.2, -0.15) is 0 Å². The summed E-state index contributed by atoms with van der Waals surface area (Å²) in [6.45, 7) is 2.46. The van der Waals surface area contributed by atoms with Crippen molar-refractivity contribution in [2.75, 3.05) is 19.7 Å². The Kier molecular flexibility index (Phi) is 4.63. The average molecular weight is 357 g/mol. The molecule has 0 spiro atoms. The Labute approximate surface area is 150 Å². The topological polar surface area (TPSA) is 84.4 Å². The van der Waals surface area contributed by atoms with Gasteiger partial charge in [-0.25, -0.2) is 4.79 Å². The zero-order valence-corrected chi connectivity index (χ0v) is 14.7. The normalized spacial score (nSPS) is 20.6. The van der Waals surface area contributed by atoms with Gasteiger partial charge in [-0.1, -0.05) is 0 Å². The maximum atomic E-state index is 12.7. The zero-order valence-electron chi connectivity index (χ0n) is 14.7. The summed E-state index contributed by atoms with van der Waals surface area (Å²) in [5.74, 6) is -0.0454. The van der Waals surface area contributed by atoms with Crippen LogP contribution in [-0.2, 0) is 11.3 Å². The summed E-state index contributed by atoms with van der Waals surface area (Å²) >= 11 is 0. The first kappa shape index (κ1) is 17.0. The van der Waals surface area contributed by atoms with Gasteiger partial charge in [-0.3, -0.25) is 14.2 Å². The molecule has 2 aromatic rings. The van der Waals surface area contributed by atoms with Crippen LogP contribution in [0, 0.1) is 0 Å². The van der Waals surface area contributed by atoms with Crippen LogP contribution in [-0.4, -0.2) is 46.2 Å². The van der Waals surface area contributed by atoms with Crippen LogP contribution in [0.2, 0.25) is 0 Å². The molecule has 2 aliphatic rings. The molecule has 0 radical (unpaired) electrons. The number of benzene rings is 1. The van der Waals surface area contributed by atoms with Crippen LogP contribution in [0.1, 0.15) is 42.5 Å². The van der Waals surface area contributed by atoms with E-state index in [1.54, 1.807) is 18.2 Å². The largest absolute Gasteiger partial charge is 0.376 e. The average Bonchev–Trinajstić information content (AvgIpc) is 3.18. The fourth-order valence-corrected chi connectivity index (χ4v) is 3.82. The predicted octanol–water partition coefficient (Wildman–Crippen LogP) is 1.49. The Hall–Kier alpha value is -2.41. The number of nitrogens with zero attached hydrogens (tertiary/aromatic N) is 2. The van der Waals surface area contributed by atoms with E-state index in [0.29, 0.717) is 23.1 Å². The number of amides is 1. The number of piperidine rings is 1. The lowest BCUT2D eigenvalue weighted by Crippen LogP contribution is -2.38. The molecule has 1 atom stereocenters. The predicted molar refractivity (Wildman–Crippen MR) is 97.6 cm³/mol. The third-order valence-electron chi connectivity index (χ3n) is 5.28. The van der Waals surface area contributed by atoms with E-state index in [4.69, 9.17) is 4.74 Å². The maximum absolute atomic E-state index is 12.7. The Bertz CT molecular complexity index is 934. The molecule has 138 valence electrons. The molecule has 2 aliphatic heterocycles. The van der Waals surface area contributed by atoms with E-state index >= 15 is 0 Å². The molecule has 7 heteroatoms. The first-order chi connectivity index (χ1) is 12.6. The summed E-state index contributed by atoms with van der Waals surface area (Å²) < 4.78 is 6.73. The van der Waals surface area contributed by atoms with E-state index in [9.17, 15) is 14.4 Å². The number of fused-ring (bicyclic) bond motifs is 1. The van der Waals surface area contributed by atoms with Gasteiger partial charge in [0.05, 0.1) is 23.6 Å². The first-order valence-electron chi connectivity index (χ1n) is 9.31. The Balaban J connectivity index is 1.67. The van der Waals surface area contributed by atoms with E-state index in [2.05, 4.69) is 4.98 Å². The lowest BCUT2D eigenvalue weighted by atomic mass is 10.1. The highest BCUT2D eigenvalue weighted by atomic mass is 16.5. The van der Waals surface area contributed by atoms with E-state index in [1.165, 1.54) is 4.57 Å². The number of rotatable bonds is 3. The minimum absolute atomic E-state index is 0.0454. The molecule has 2 fully saturated rings. The fourth-order valence-electron chi connectivity index (χ4n) is 3.82. The Morgan fingerprint density at radius 1 is 1.15 bits per heavy atom. The van der Waals surface area contributed by atoms with Crippen molar-refractivity contribution in [2.45, 2.75) is 44.8 Å². The molecular weight excluding hydrogens is 334 g/mol. The van der Waals surface area contributed by atoms with Crippen LogP contribution in [0.4, 0.5) is 0 Å². The van der Waals surface area contributed by atoms with Crippen LogP contribution >= 0.6 is 0 Å². The third kappa shape index (κ3) is 3.19. The van der Waals surface area contributed by atoms with Crippen LogP contribution in [0.5, 0.6) is 0 Å². The van der Waals surface area contributed by atoms with Gasteiger partial charge in [0.25, 0.3) is 11.5 Å². The monoisotopic (exact) mass is 357 g/mol. The zero-order chi connectivity index (χ0) is 18.1. The van der Waals surface area contributed by atoms with Crippen molar-refractivity contribution in [3.05, 3.63) is 44.6 Å². The van der Waals surface area contributed by atoms with Crippen molar-refractivity contribution in [2.24, 2.45) is 0 Å². The highest BCUT2D eigenvalue weighted by molar-refractivity contribution is 5.97. The number of hydrogen-bond acceptors (Lipinski definition) is 4. The second-order valence-electron chi connectivity index (χ2n) is 7.09. The third-order valence-corrected chi connectivity index (χ3v) is 5.28. The molecule has 0 aliphatic carbocycles. The highest BCUT2D eigenvalue weighted by Gasteiger charge is 2.21. The van der Waals surface area contributed by atoms with Gasteiger partial charge in [0.15, 0.2) is 0 Å². The second-order valence-corrected chi connectivity index (χ2v) is 7.09. The van der Waals surface area contributed by atoms with Crippen LogP contribution < -0.4 is 11.2 Å². The van der Waals surface area contributed by atoms with Crippen LogP contribution in [0.25, 0.3) is 10.9 Å². The number of aromatic nitrogens is 2. The molecule has 0 saturated carbocycles. The minimum atomic E-state index is -0.458. The number of likely N-dealkylation sites (tertiary alicyclic amines) is 1. The summed E-state index contributed by atoms with van der Waals surface area (Å²) in [7, 11) is 0. The standard InChI is InChI=1S/C19H23N3O4/c23-17(21-8-2-1-3-9-21)13-6-7-15-16(11-13)20-19(25)22(18(15)24)12-14-5-4-10-26-14/h6-7,11,14H,1-5,8-10,12H2,(H,20,25)/t14-/m1/s1. The number of nitrogens with one attached hydrogen (secondary N) is 1. The number of H-pyrrole nitrogens is 1. The lowest BCUT2D eigenvalue weighted by molar-refractivity contribution is 0.0724. The van der Waals surface area contributed by atoms with Crippen LogP contribution in [0.15, 0.2) is 27.8 Å². The highest BCUT2D eigenvalue weighted by Crippen LogP contribution is 2.16. The smallest absolute Gasteiger partial charge is 0.328 e. The second kappa shape index (κ2) is 7.07. The molecule has 26 heavy (non-hydrogen) atoms. The molecule has 1 aromatic heterocycles. The van der Waals surface area contributed by atoms with Crippen molar-refractivity contribution in [3.8, 4) is 0 Å². The summed E-state index contributed by atoms with van der Waals surface area (Å²) in [4.78, 5) is 42.3. The molecule has 2 saturated heterocycles. The fraction of sp³-hybridized carbons (Fsp3) is 0.526. The molecule has 0 bridgehead atoms.